The second-order valence-corrected chi connectivity index (χ2v) is 5.45. The van der Waals surface area contributed by atoms with E-state index in [1.165, 1.54) is 12.8 Å². The zero-order chi connectivity index (χ0) is 13.1. The van der Waals surface area contributed by atoms with E-state index in [0.717, 1.165) is 23.9 Å². The van der Waals surface area contributed by atoms with Crippen molar-refractivity contribution in [2.24, 2.45) is 5.73 Å². The molecular weight excluding hydrogens is 248 g/mol. The Balaban J connectivity index is 1.85. The monoisotopic (exact) mass is 268 g/mol. The van der Waals surface area contributed by atoms with E-state index in [1.54, 1.807) is 0 Å². The van der Waals surface area contributed by atoms with Crippen LogP contribution in [0, 0.1) is 0 Å². The largest absolute Gasteiger partial charge is 0.491 e. The number of nitrogens with zero attached hydrogens (tertiary/aromatic N) is 1. The molecule has 1 aliphatic carbocycles. The van der Waals surface area contributed by atoms with E-state index in [-0.39, 0.29) is 6.04 Å². The summed E-state index contributed by atoms with van der Waals surface area (Å²) in [5.41, 5.74) is 6.84. The van der Waals surface area contributed by atoms with Gasteiger partial charge in [0.2, 0.25) is 0 Å². The van der Waals surface area contributed by atoms with Crippen LogP contribution in [0.3, 0.4) is 0 Å². The van der Waals surface area contributed by atoms with Gasteiger partial charge >= 0.3 is 0 Å². The topological polar surface area (TPSA) is 38.5 Å². The van der Waals surface area contributed by atoms with Gasteiger partial charge in [-0.2, -0.15) is 0 Å². The molecule has 0 saturated heterocycles. The minimum atomic E-state index is -0.00227. The molecule has 2 rings (SSSR count). The molecule has 1 unspecified atom stereocenters. The number of nitrogens with two attached hydrogens (primary N) is 1. The zero-order valence-corrected chi connectivity index (χ0v) is 11.8. The first-order chi connectivity index (χ1) is 8.58. The SMILES string of the molecule is CC(N)c1ccc(OCCN(C)C2CC2)c(Cl)c1. The third-order valence-corrected chi connectivity index (χ3v) is 3.65. The summed E-state index contributed by atoms with van der Waals surface area (Å²) in [4.78, 5) is 2.34. The van der Waals surface area contributed by atoms with Crippen LogP contribution in [0.2, 0.25) is 5.02 Å². The summed E-state index contributed by atoms with van der Waals surface area (Å²) in [6, 6.07) is 6.52. The molecule has 0 bridgehead atoms. The van der Waals surface area contributed by atoms with E-state index in [1.807, 2.05) is 25.1 Å². The molecule has 0 spiro atoms. The lowest BCUT2D eigenvalue weighted by Gasteiger charge is -2.16. The second-order valence-electron chi connectivity index (χ2n) is 5.04. The molecule has 2 N–H and O–H groups in total. The highest BCUT2D eigenvalue weighted by Crippen LogP contribution is 2.28. The normalized spacial score (nSPS) is 16.9. The minimum Gasteiger partial charge on any atom is -0.491 e. The molecule has 1 aromatic rings. The van der Waals surface area contributed by atoms with Gasteiger partial charge in [-0.15, -0.1) is 0 Å². The molecule has 1 aliphatic rings. The molecule has 1 fully saturated rings. The fourth-order valence-electron chi connectivity index (χ4n) is 1.91. The Labute approximate surface area is 114 Å². The van der Waals surface area contributed by atoms with Gasteiger partial charge < -0.3 is 15.4 Å². The summed E-state index contributed by atoms with van der Waals surface area (Å²) in [6.07, 6.45) is 2.64. The first-order valence-electron chi connectivity index (χ1n) is 6.46. The molecule has 0 aliphatic heterocycles. The molecule has 100 valence electrons. The Morgan fingerprint density at radius 1 is 1.50 bits per heavy atom. The van der Waals surface area contributed by atoms with Crippen molar-refractivity contribution in [3.63, 3.8) is 0 Å². The van der Waals surface area contributed by atoms with Crippen molar-refractivity contribution in [2.45, 2.75) is 31.8 Å². The van der Waals surface area contributed by atoms with Gasteiger partial charge in [-0.05, 0) is 44.5 Å². The fourth-order valence-corrected chi connectivity index (χ4v) is 2.16. The van der Waals surface area contributed by atoms with Crippen LogP contribution in [0.4, 0.5) is 0 Å². The van der Waals surface area contributed by atoms with E-state index >= 15 is 0 Å². The predicted molar refractivity (Wildman–Crippen MR) is 75.2 cm³/mol. The highest BCUT2D eigenvalue weighted by atomic mass is 35.5. The molecule has 0 radical (unpaired) electrons. The molecule has 4 heteroatoms. The first kappa shape index (κ1) is 13.7. The number of ether oxygens (including phenoxy) is 1. The van der Waals surface area contributed by atoms with Crippen molar-refractivity contribution in [1.82, 2.24) is 4.90 Å². The number of halogens is 1. The number of hydrogen-bond acceptors (Lipinski definition) is 3. The standard InChI is InChI=1S/C14H21ClN2O/c1-10(16)11-3-6-14(13(15)9-11)18-8-7-17(2)12-4-5-12/h3,6,9-10,12H,4-5,7-8,16H2,1-2H3. The van der Waals surface area contributed by atoms with Crippen LogP contribution in [0.5, 0.6) is 5.75 Å². The van der Waals surface area contributed by atoms with Crippen molar-refractivity contribution in [1.29, 1.82) is 0 Å². The fraction of sp³-hybridized carbons (Fsp3) is 0.571. The van der Waals surface area contributed by atoms with Crippen LogP contribution in [0.15, 0.2) is 18.2 Å². The van der Waals surface area contributed by atoms with Gasteiger partial charge in [0.1, 0.15) is 12.4 Å². The van der Waals surface area contributed by atoms with Crippen molar-refractivity contribution in [3.05, 3.63) is 28.8 Å². The molecule has 1 atom stereocenters. The van der Waals surface area contributed by atoms with Gasteiger partial charge in [-0.25, -0.2) is 0 Å². The predicted octanol–water partition coefficient (Wildman–Crippen LogP) is 2.83. The summed E-state index contributed by atoms with van der Waals surface area (Å²) < 4.78 is 5.71. The third kappa shape index (κ3) is 3.61. The number of likely N-dealkylation sites (N-methyl/N-ethyl adjacent to an activating group) is 1. The Morgan fingerprint density at radius 2 is 2.22 bits per heavy atom. The Bertz CT molecular complexity index is 405. The molecule has 0 amide bonds. The van der Waals surface area contributed by atoms with Crippen LogP contribution < -0.4 is 10.5 Å². The lowest BCUT2D eigenvalue weighted by atomic mass is 10.1. The van der Waals surface area contributed by atoms with Crippen molar-refractivity contribution in [3.8, 4) is 5.75 Å². The van der Waals surface area contributed by atoms with Crippen molar-refractivity contribution >= 4 is 11.6 Å². The number of benzene rings is 1. The third-order valence-electron chi connectivity index (χ3n) is 3.35. The maximum atomic E-state index is 6.17. The van der Waals surface area contributed by atoms with Crippen LogP contribution in [-0.2, 0) is 0 Å². The van der Waals surface area contributed by atoms with Gasteiger partial charge in [0.25, 0.3) is 0 Å². The molecule has 1 aromatic carbocycles. The number of hydrogen-bond donors (Lipinski definition) is 1. The Hall–Kier alpha value is -0.770. The molecule has 1 saturated carbocycles. The van der Waals surface area contributed by atoms with Gasteiger partial charge in [0.05, 0.1) is 5.02 Å². The Kier molecular flexibility index (Phi) is 4.49. The van der Waals surface area contributed by atoms with Gasteiger partial charge in [-0.3, -0.25) is 0 Å². The molecule has 3 nitrogen and oxygen atoms in total. The summed E-state index contributed by atoms with van der Waals surface area (Å²) in [7, 11) is 2.14. The van der Waals surface area contributed by atoms with Crippen LogP contribution in [0.25, 0.3) is 0 Å². The lowest BCUT2D eigenvalue weighted by Crippen LogP contribution is -2.26. The van der Waals surface area contributed by atoms with E-state index in [0.29, 0.717) is 11.6 Å². The zero-order valence-electron chi connectivity index (χ0n) is 11.0. The lowest BCUT2D eigenvalue weighted by molar-refractivity contribution is 0.232. The van der Waals surface area contributed by atoms with E-state index < -0.39 is 0 Å². The Morgan fingerprint density at radius 3 is 2.78 bits per heavy atom. The first-order valence-corrected chi connectivity index (χ1v) is 6.84. The van der Waals surface area contributed by atoms with Gasteiger partial charge in [0.15, 0.2) is 0 Å². The second kappa shape index (κ2) is 5.91. The summed E-state index contributed by atoms with van der Waals surface area (Å²) in [5, 5.41) is 0.638. The van der Waals surface area contributed by atoms with Crippen molar-refractivity contribution in [2.75, 3.05) is 20.2 Å². The molecule has 0 aromatic heterocycles. The molecule has 0 heterocycles. The highest BCUT2D eigenvalue weighted by molar-refractivity contribution is 6.32. The van der Waals surface area contributed by atoms with Crippen molar-refractivity contribution < 1.29 is 4.74 Å². The summed E-state index contributed by atoms with van der Waals surface area (Å²) >= 11 is 6.17. The molecular formula is C14H21ClN2O. The smallest absolute Gasteiger partial charge is 0.137 e. The average molecular weight is 269 g/mol. The summed E-state index contributed by atoms with van der Waals surface area (Å²) in [5.74, 6) is 0.741. The molecule has 18 heavy (non-hydrogen) atoms. The van der Waals surface area contributed by atoms with E-state index in [4.69, 9.17) is 22.1 Å². The average Bonchev–Trinajstić information content (AvgIpc) is 3.14. The van der Waals surface area contributed by atoms with Gasteiger partial charge in [0, 0.05) is 18.6 Å². The van der Waals surface area contributed by atoms with E-state index in [2.05, 4.69) is 11.9 Å². The quantitative estimate of drug-likeness (QED) is 0.862. The van der Waals surface area contributed by atoms with E-state index in [9.17, 15) is 0 Å². The van der Waals surface area contributed by atoms with Crippen LogP contribution in [-0.4, -0.2) is 31.1 Å². The maximum absolute atomic E-state index is 6.17. The number of rotatable bonds is 6. The summed E-state index contributed by atoms with van der Waals surface area (Å²) in [6.45, 7) is 3.55. The van der Waals surface area contributed by atoms with Crippen LogP contribution >= 0.6 is 11.6 Å². The highest BCUT2D eigenvalue weighted by Gasteiger charge is 2.25. The minimum absolute atomic E-state index is 0.00227. The van der Waals surface area contributed by atoms with Gasteiger partial charge in [-0.1, -0.05) is 17.7 Å². The maximum Gasteiger partial charge on any atom is 0.137 e. The van der Waals surface area contributed by atoms with Crippen LogP contribution in [0.1, 0.15) is 31.4 Å².